The van der Waals surface area contributed by atoms with Crippen LogP contribution in [0.3, 0.4) is 0 Å². The zero-order valence-electron chi connectivity index (χ0n) is 9.96. The predicted molar refractivity (Wildman–Crippen MR) is 64.2 cm³/mol. The minimum Gasteiger partial charge on any atom is -0.477 e. The van der Waals surface area contributed by atoms with Crippen molar-refractivity contribution in [2.24, 2.45) is 5.92 Å². The van der Waals surface area contributed by atoms with Gasteiger partial charge < -0.3 is 10.0 Å². The number of aromatic carboxylic acids is 1. The van der Waals surface area contributed by atoms with E-state index < -0.39 is 5.97 Å². The quantitative estimate of drug-likeness (QED) is 0.862. The molecule has 1 fully saturated rings. The highest BCUT2D eigenvalue weighted by Gasteiger charge is 2.20. The van der Waals surface area contributed by atoms with E-state index in [4.69, 9.17) is 5.11 Å². The standard InChI is InChI=1S/C12H17N3O2/c1-15(7-9-4-2-3-5-9)11-10(12(16)17)6-13-8-14-11/h6,8-9H,2-5,7H2,1H3,(H,16,17). The van der Waals surface area contributed by atoms with Gasteiger partial charge in [-0.1, -0.05) is 12.8 Å². The molecule has 0 unspecified atom stereocenters. The van der Waals surface area contributed by atoms with Crippen LogP contribution in [0.5, 0.6) is 0 Å². The Hall–Kier alpha value is -1.65. The van der Waals surface area contributed by atoms with Crippen molar-refractivity contribution in [2.75, 3.05) is 18.5 Å². The normalized spacial score (nSPS) is 16.1. The molecule has 1 heterocycles. The summed E-state index contributed by atoms with van der Waals surface area (Å²) in [5, 5.41) is 9.07. The summed E-state index contributed by atoms with van der Waals surface area (Å²) in [4.78, 5) is 20.8. The number of carboxylic acid groups (broad SMARTS) is 1. The Labute approximate surface area is 100 Å². The van der Waals surface area contributed by atoms with Gasteiger partial charge in [0.1, 0.15) is 17.7 Å². The zero-order valence-corrected chi connectivity index (χ0v) is 9.96. The molecule has 2 rings (SSSR count). The summed E-state index contributed by atoms with van der Waals surface area (Å²) in [6.45, 7) is 0.872. The van der Waals surface area contributed by atoms with Gasteiger partial charge in [-0.15, -0.1) is 0 Å². The molecule has 0 bridgehead atoms. The first kappa shape index (κ1) is 11.8. The van der Waals surface area contributed by atoms with E-state index >= 15 is 0 Å². The Morgan fingerprint density at radius 2 is 2.24 bits per heavy atom. The van der Waals surface area contributed by atoms with Gasteiger partial charge in [-0.05, 0) is 18.8 Å². The third kappa shape index (κ3) is 2.72. The van der Waals surface area contributed by atoms with Crippen LogP contribution < -0.4 is 4.90 Å². The molecule has 92 valence electrons. The van der Waals surface area contributed by atoms with Crippen molar-refractivity contribution in [1.82, 2.24) is 9.97 Å². The average Bonchev–Trinajstić information content (AvgIpc) is 2.81. The lowest BCUT2D eigenvalue weighted by molar-refractivity contribution is 0.0696. The minimum atomic E-state index is -0.973. The number of rotatable bonds is 4. The number of hydrogen-bond donors (Lipinski definition) is 1. The first-order chi connectivity index (χ1) is 8.18. The second kappa shape index (κ2) is 5.12. The van der Waals surface area contributed by atoms with Crippen molar-refractivity contribution >= 4 is 11.8 Å². The Kier molecular flexibility index (Phi) is 3.56. The molecule has 0 amide bonds. The maximum atomic E-state index is 11.1. The number of carbonyl (C=O) groups is 1. The van der Waals surface area contributed by atoms with E-state index in [0.717, 1.165) is 6.54 Å². The van der Waals surface area contributed by atoms with Crippen molar-refractivity contribution in [3.63, 3.8) is 0 Å². The van der Waals surface area contributed by atoms with Crippen LogP contribution in [0.2, 0.25) is 0 Å². The van der Waals surface area contributed by atoms with Gasteiger partial charge in [-0.25, -0.2) is 14.8 Å². The van der Waals surface area contributed by atoms with Crippen molar-refractivity contribution in [3.05, 3.63) is 18.1 Å². The highest BCUT2D eigenvalue weighted by molar-refractivity contribution is 5.92. The third-order valence-corrected chi connectivity index (χ3v) is 3.29. The summed E-state index contributed by atoms with van der Waals surface area (Å²) in [5.74, 6) is 0.204. The second-order valence-electron chi connectivity index (χ2n) is 4.60. The average molecular weight is 235 g/mol. The van der Waals surface area contributed by atoms with Gasteiger partial charge in [-0.2, -0.15) is 0 Å². The fourth-order valence-corrected chi connectivity index (χ4v) is 2.44. The summed E-state index contributed by atoms with van der Waals surface area (Å²) in [7, 11) is 1.90. The Balaban J connectivity index is 2.12. The number of nitrogens with zero attached hydrogens (tertiary/aromatic N) is 3. The molecule has 1 aromatic heterocycles. The van der Waals surface area contributed by atoms with Crippen molar-refractivity contribution in [2.45, 2.75) is 25.7 Å². The topological polar surface area (TPSA) is 66.3 Å². The summed E-state index contributed by atoms with van der Waals surface area (Å²) >= 11 is 0. The van der Waals surface area contributed by atoms with Crippen molar-refractivity contribution in [3.8, 4) is 0 Å². The number of anilines is 1. The molecule has 5 nitrogen and oxygen atoms in total. The molecule has 5 heteroatoms. The SMILES string of the molecule is CN(CC1CCCC1)c1ncncc1C(=O)O. The number of aromatic nitrogens is 2. The summed E-state index contributed by atoms with van der Waals surface area (Å²) < 4.78 is 0. The van der Waals surface area contributed by atoms with E-state index in [1.807, 2.05) is 11.9 Å². The lowest BCUT2D eigenvalue weighted by Gasteiger charge is -2.22. The Morgan fingerprint density at radius 3 is 2.88 bits per heavy atom. The van der Waals surface area contributed by atoms with Crippen LogP contribution in [-0.4, -0.2) is 34.6 Å². The monoisotopic (exact) mass is 235 g/mol. The van der Waals surface area contributed by atoms with E-state index in [1.165, 1.54) is 38.2 Å². The van der Waals surface area contributed by atoms with Crippen LogP contribution in [0.25, 0.3) is 0 Å². The van der Waals surface area contributed by atoms with E-state index in [0.29, 0.717) is 11.7 Å². The van der Waals surface area contributed by atoms with Gasteiger partial charge in [0.15, 0.2) is 0 Å². The van der Waals surface area contributed by atoms with E-state index in [-0.39, 0.29) is 5.56 Å². The second-order valence-corrected chi connectivity index (χ2v) is 4.60. The Bertz CT molecular complexity index is 402. The molecular weight excluding hydrogens is 218 g/mol. The van der Waals surface area contributed by atoms with Crippen LogP contribution in [0.15, 0.2) is 12.5 Å². The molecule has 0 aromatic carbocycles. The molecule has 0 radical (unpaired) electrons. The van der Waals surface area contributed by atoms with Gasteiger partial charge in [0, 0.05) is 19.8 Å². The van der Waals surface area contributed by atoms with Gasteiger partial charge in [-0.3, -0.25) is 0 Å². The van der Waals surface area contributed by atoms with Crippen LogP contribution in [0, 0.1) is 5.92 Å². The van der Waals surface area contributed by atoms with E-state index in [1.54, 1.807) is 0 Å². The lowest BCUT2D eigenvalue weighted by atomic mass is 10.1. The molecule has 1 aromatic rings. The number of hydrogen-bond acceptors (Lipinski definition) is 4. The lowest BCUT2D eigenvalue weighted by Crippen LogP contribution is -2.26. The highest BCUT2D eigenvalue weighted by Crippen LogP contribution is 2.27. The van der Waals surface area contributed by atoms with Crippen molar-refractivity contribution in [1.29, 1.82) is 0 Å². The van der Waals surface area contributed by atoms with Crippen molar-refractivity contribution < 1.29 is 9.90 Å². The largest absolute Gasteiger partial charge is 0.477 e. The predicted octanol–water partition coefficient (Wildman–Crippen LogP) is 1.80. The summed E-state index contributed by atoms with van der Waals surface area (Å²) in [6.07, 6.45) is 7.79. The van der Waals surface area contributed by atoms with Crippen LogP contribution in [0.1, 0.15) is 36.0 Å². The maximum Gasteiger partial charge on any atom is 0.341 e. The first-order valence-electron chi connectivity index (χ1n) is 5.93. The van der Waals surface area contributed by atoms with Gasteiger partial charge >= 0.3 is 5.97 Å². The maximum absolute atomic E-state index is 11.1. The van der Waals surface area contributed by atoms with Crippen LogP contribution in [0.4, 0.5) is 5.82 Å². The van der Waals surface area contributed by atoms with Gasteiger partial charge in [0.05, 0.1) is 0 Å². The fourth-order valence-electron chi connectivity index (χ4n) is 2.44. The van der Waals surface area contributed by atoms with Crippen LogP contribution in [-0.2, 0) is 0 Å². The van der Waals surface area contributed by atoms with Gasteiger partial charge in [0.25, 0.3) is 0 Å². The summed E-state index contributed by atoms with van der Waals surface area (Å²) in [5.41, 5.74) is 0.174. The molecular formula is C12H17N3O2. The molecule has 0 saturated heterocycles. The highest BCUT2D eigenvalue weighted by atomic mass is 16.4. The zero-order chi connectivity index (χ0) is 12.3. The molecule has 1 saturated carbocycles. The molecule has 1 N–H and O–H groups in total. The van der Waals surface area contributed by atoms with Gasteiger partial charge in [0.2, 0.25) is 0 Å². The molecule has 17 heavy (non-hydrogen) atoms. The Morgan fingerprint density at radius 1 is 1.53 bits per heavy atom. The van der Waals surface area contributed by atoms with E-state index in [2.05, 4.69) is 9.97 Å². The molecule has 0 spiro atoms. The smallest absolute Gasteiger partial charge is 0.341 e. The minimum absolute atomic E-state index is 0.174. The molecule has 1 aliphatic rings. The number of carboxylic acids is 1. The summed E-state index contributed by atoms with van der Waals surface area (Å²) in [6, 6.07) is 0. The molecule has 1 aliphatic carbocycles. The molecule has 0 atom stereocenters. The molecule has 0 aliphatic heterocycles. The van der Waals surface area contributed by atoms with Crippen LogP contribution >= 0.6 is 0 Å². The van der Waals surface area contributed by atoms with E-state index in [9.17, 15) is 4.79 Å². The fraction of sp³-hybridized carbons (Fsp3) is 0.583. The third-order valence-electron chi connectivity index (χ3n) is 3.29. The first-order valence-corrected chi connectivity index (χ1v) is 5.93.